The Bertz CT molecular complexity index is 948. The molecule has 0 N–H and O–H groups in total. The van der Waals surface area contributed by atoms with E-state index in [1.54, 1.807) is 12.3 Å². The van der Waals surface area contributed by atoms with Crippen LogP contribution in [0.25, 0.3) is 0 Å². The molecule has 2 atom stereocenters. The van der Waals surface area contributed by atoms with Crippen molar-refractivity contribution in [1.29, 1.82) is 0 Å². The molecule has 1 aliphatic rings. The minimum Gasteiger partial charge on any atom is -0.611 e. The van der Waals surface area contributed by atoms with Gasteiger partial charge in [0.05, 0.1) is 4.47 Å². The highest BCUT2D eigenvalue weighted by Crippen LogP contribution is 2.40. The van der Waals surface area contributed by atoms with Crippen LogP contribution in [0.2, 0.25) is 0 Å². The number of aryl methyl sites for hydroxylation is 1. The lowest BCUT2D eigenvalue weighted by Gasteiger charge is -2.38. The van der Waals surface area contributed by atoms with E-state index in [1.807, 2.05) is 12.1 Å². The van der Waals surface area contributed by atoms with Crippen LogP contribution in [0, 0.1) is 18.3 Å². The molecule has 0 saturated carbocycles. The number of allylic oxidation sites excluding steroid dienone is 1. The molecule has 176 valence electrons. The summed E-state index contributed by atoms with van der Waals surface area (Å²) in [6, 6.07) is 7.82. The number of benzene rings is 1. The first-order valence-electron chi connectivity index (χ1n) is 10.7. The van der Waals surface area contributed by atoms with Crippen molar-refractivity contribution in [2.24, 2.45) is 11.3 Å². The van der Waals surface area contributed by atoms with Gasteiger partial charge in [-0.3, -0.25) is 0 Å². The number of nitrogens with zero attached hydrogens (tertiary/aromatic N) is 1. The fourth-order valence-corrected chi connectivity index (χ4v) is 8.38. The normalized spacial score (nSPS) is 17.2. The third-order valence-corrected chi connectivity index (χ3v) is 11.2. The maximum atomic E-state index is 13.3. The van der Waals surface area contributed by atoms with Crippen molar-refractivity contribution in [3.05, 3.63) is 46.6 Å². The summed E-state index contributed by atoms with van der Waals surface area (Å²) in [7, 11) is 0. The Morgan fingerprint density at radius 3 is 2.44 bits per heavy atom. The second-order valence-corrected chi connectivity index (χ2v) is 14.4. The maximum Gasteiger partial charge on any atom is 0.231 e. The van der Waals surface area contributed by atoms with Gasteiger partial charge in [0.25, 0.3) is 0 Å². The summed E-state index contributed by atoms with van der Waals surface area (Å²) in [6.07, 6.45) is 3.75. The minimum atomic E-state index is -1.34. The second kappa shape index (κ2) is 10.8. The molecule has 3 rings (SSSR count). The number of thiophene rings is 1. The molecule has 8 heteroatoms. The molecule has 0 spiro atoms. The second-order valence-electron chi connectivity index (χ2n) is 9.24. The lowest BCUT2D eigenvalue weighted by atomic mass is 9.89. The van der Waals surface area contributed by atoms with Crippen LogP contribution in [0.15, 0.2) is 54.3 Å². The molecule has 0 radical (unpaired) electrons. The van der Waals surface area contributed by atoms with E-state index in [9.17, 15) is 9.11 Å². The van der Waals surface area contributed by atoms with E-state index in [4.69, 9.17) is 4.74 Å². The van der Waals surface area contributed by atoms with Gasteiger partial charge in [-0.15, -0.1) is 0 Å². The van der Waals surface area contributed by atoms with Crippen LogP contribution in [0.1, 0.15) is 39.2 Å². The smallest absolute Gasteiger partial charge is 0.231 e. The molecule has 4 nitrogen and oxygen atoms in total. The molecule has 2 unspecified atom stereocenters. The fourth-order valence-electron chi connectivity index (χ4n) is 3.70. The van der Waals surface area contributed by atoms with Gasteiger partial charge in [0.1, 0.15) is 6.26 Å². The first-order valence-corrected chi connectivity index (χ1v) is 15.0. The van der Waals surface area contributed by atoms with E-state index in [2.05, 4.69) is 61.2 Å². The van der Waals surface area contributed by atoms with Gasteiger partial charge in [0.2, 0.25) is 8.42 Å². The van der Waals surface area contributed by atoms with Gasteiger partial charge in [0, 0.05) is 53.8 Å². The predicted molar refractivity (Wildman–Crippen MR) is 140 cm³/mol. The van der Waals surface area contributed by atoms with Crippen LogP contribution in [-0.4, -0.2) is 35.1 Å². The molecule has 1 aliphatic heterocycles. The molecule has 2 heterocycles. The summed E-state index contributed by atoms with van der Waals surface area (Å²) in [5, 5.41) is 0. The zero-order chi connectivity index (χ0) is 23.6. The van der Waals surface area contributed by atoms with Crippen molar-refractivity contribution in [1.82, 2.24) is 0 Å². The van der Waals surface area contributed by atoms with E-state index < -0.39 is 22.4 Å². The Labute approximate surface area is 210 Å². The highest BCUT2D eigenvalue weighted by atomic mass is 79.9. The van der Waals surface area contributed by atoms with Gasteiger partial charge in [-0.25, -0.2) is 0 Å². The van der Waals surface area contributed by atoms with E-state index in [1.165, 1.54) is 11.3 Å². The Morgan fingerprint density at radius 1 is 1.25 bits per heavy atom. The number of halogens is 1. The maximum absolute atomic E-state index is 13.3. The van der Waals surface area contributed by atoms with E-state index in [0.29, 0.717) is 10.1 Å². The molecule has 1 aromatic heterocycles. The molecular formula is C24H32BrNO3S3. The molecule has 1 saturated heterocycles. The van der Waals surface area contributed by atoms with Crippen molar-refractivity contribution in [3.8, 4) is 0 Å². The molecule has 0 bridgehead atoms. The standard InChI is InChI=1S/C24H32BrNO3S3/c1-16-13-19(32(28)23-20(25)14-22(30-23)31(6)27)7-8-21(16)26(17(2)24(3,4)5)15-18-9-11-29-12-10-18/h7-8,13-14,18H,2,9-12,15H2,1,3-6H3. The molecule has 1 fully saturated rings. The summed E-state index contributed by atoms with van der Waals surface area (Å²) in [5.41, 5.74) is 3.20. The van der Waals surface area contributed by atoms with Crippen LogP contribution in [0.3, 0.4) is 0 Å². The highest BCUT2D eigenvalue weighted by Gasteiger charge is 2.29. The van der Waals surface area contributed by atoms with Gasteiger partial charge in [-0.1, -0.05) is 27.4 Å². The number of ether oxygens (including phenoxy) is 1. The van der Waals surface area contributed by atoms with Crippen molar-refractivity contribution < 1.29 is 13.8 Å². The van der Waals surface area contributed by atoms with Gasteiger partial charge in [-0.05, 0) is 87.9 Å². The molecule has 32 heavy (non-hydrogen) atoms. The Kier molecular flexibility index (Phi) is 8.86. The topological polar surface area (TPSA) is 58.6 Å². The summed E-state index contributed by atoms with van der Waals surface area (Å²) in [6.45, 7) is 15.6. The van der Waals surface area contributed by atoms with E-state index in [0.717, 1.165) is 63.1 Å². The van der Waals surface area contributed by atoms with Gasteiger partial charge >= 0.3 is 0 Å². The molecule has 2 aromatic rings. The molecule has 1 aromatic carbocycles. The summed E-state index contributed by atoms with van der Waals surface area (Å²) >= 11 is 2.39. The molecular weight excluding hydrogens is 526 g/mol. The quantitative estimate of drug-likeness (QED) is 0.364. The molecule has 0 aliphatic carbocycles. The van der Waals surface area contributed by atoms with Gasteiger partial charge < -0.3 is 18.7 Å². The number of rotatable bonds is 7. The van der Waals surface area contributed by atoms with Crippen LogP contribution >= 0.6 is 27.3 Å². The first-order chi connectivity index (χ1) is 15.0. The number of hydrogen-bond donors (Lipinski definition) is 0. The first kappa shape index (κ1) is 26.1. The zero-order valence-corrected chi connectivity index (χ0v) is 23.4. The fraction of sp³-hybridized carbons (Fsp3) is 0.500. The van der Waals surface area contributed by atoms with Crippen molar-refractivity contribution >= 4 is 55.3 Å². The zero-order valence-electron chi connectivity index (χ0n) is 19.4. The number of anilines is 1. The highest BCUT2D eigenvalue weighted by molar-refractivity contribution is 9.10. The van der Waals surface area contributed by atoms with Crippen LogP contribution in [0.5, 0.6) is 0 Å². The third kappa shape index (κ3) is 6.14. The largest absolute Gasteiger partial charge is 0.611 e. The van der Waals surface area contributed by atoms with E-state index >= 15 is 0 Å². The van der Waals surface area contributed by atoms with Crippen molar-refractivity contribution in [3.63, 3.8) is 0 Å². The summed E-state index contributed by atoms with van der Waals surface area (Å²) in [5.74, 6) is 0.562. The Hall–Kier alpha value is -0.480. The molecule has 0 amide bonds. The van der Waals surface area contributed by atoms with Crippen molar-refractivity contribution in [2.45, 2.75) is 53.9 Å². The SMILES string of the molecule is C=C(N(CC1CCOCC1)c1ccc([S+]([O-])c2sc([S+](C)[O-])cc2Br)cc1C)C(C)(C)C. The lowest BCUT2D eigenvalue weighted by Crippen LogP contribution is -2.36. The van der Waals surface area contributed by atoms with Crippen LogP contribution < -0.4 is 4.90 Å². The van der Waals surface area contributed by atoms with Crippen molar-refractivity contribution in [2.75, 3.05) is 30.9 Å². The Balaban J connectivity index is 1.91. The number of hydrogen-bond acceptors (Lipinski definition) is 5. The summed E-state index contributed by atoms with van der Waals surface area (Å²) < 4.78 is 32.8. The Morgan fingerprint density at radius 2 is 1.91 bits per heavy atom. The summed E-state index contributed by atoms with van der Waals surface area (Å²) in [4.78, 5) is 3.09. The van der Waals surface area contributed by atoms with Crippen LogP contribution in [0.4, 0.5) is 5.69 Å². The van der Waals surface area contributed by atoms with Crippen LogP contribution in [-0.2, 0) is 27.1 Å². The van der Waals surface area contributed by atoms with Gasteiger partial charge in [0.15, 0.2) is 4.90 Å². The lowest BCUT2D eigenvalue weighted by molar-refractivity contribution is 0.0684. The van der Waals surface area contributed by atoms with Gasteiger partial charge in [-0.2, -0.15) is 0 Å². The average molecular weight is 559 g/mol. The monoisotopic (exact) mass is 557 g/mol. The van der Waals surface area contributed by atoms with E-state index in [-0.39, 0.29) is 5.41 Å². The third-order valence-electron chi connectivity index (χ3n) is 5.73. The minimum absolute atomic E-state index is 0.0624. The predicted octanol–water partition coefficient (Wildman–Crippen LogP) is 6.52. The average Bonchev–Trinajstić information content (AvgIpc) is 3.13.